The van der Waals surface area contributed by atoms with Crippen LogP contribution in [0.15, 0.2) is 41.3 Å². The number of carbonyl (C=O) groups is 3. The molecule has 0 aromatic heterocycles. The molecule has 0 atom stereocenters. The topological polar surface area (TPSA) is 93.1 Å². The van der Waals surface area contributed by atoms with Crippen molar-refractivity contribution in [1.29, 1.82) is 0 Å². The standard InChI is InChI=1S/C23H22ClNO6S/c1-3-8-25-21(26)19(32-23(25)29)12-15-10-17(24)20(18(11-15)30-4-2)31-13-14-6-5-7-16(9-14)22(27)28/h5-7,9-12H,3-4,8,13H2,1-2H3,(H,27,28)/b19-12+. The predicted molar refractivity (Wildman–Crippen MR) is 123 cm³/mol. The average molecular weight is 476 g/mol. The monoisotopic (exact) mass is 475 g/mol. The summed E-state index contributed by atoms with van der Waals surface area (Å²) >= 11 is 7.34. The van der Waals surface area contributed by atoms with Crippen LogP contribution < -0.4 is 9.47 Å². The number of amides is 2. The van der Waals surface area contributed by atoms with Crippen LogP contribution in [0.5, 0.6) is 11.5 Å². The summed E-state index contributed by atoms with van der Waals surface area (Å²) in [5.74, 6) is -0.652. The summed E-state index contributed by atoms with van der Waals surface area (Å²) < 4.78 is 11.5. The Morgan fingerprint density at radius 2 is 1.97 bits per heavy atom. The number of halogens is 1. The number of hydrogen-bond donors (Lipinski definition) is 1. The minimum absolute atomic E-state index is 0.0934. The normalized spacial score (nSPS) is 14.8. The number of carboxylic acids is 1. The molecule has 0 unspecified atom stereocenters. The number of carbonyl (C=O) groups excluding carboxylic acids is 2. The van der Waals surface area contributed by atoms with E-state index in [4.69, 9.17) is 26.2 Å². The van der Waals surface area contributed by atoms with Gasteiger partial charge in [0.25, 0.3) is 11.1 Å². The Morgan fingerprint density at radius 1 is 1.19 bits per heavy atom. The van der Waals surface area contributed by atoms with E-state index in [-0.39, 0.29) is 28.3 Å². The van der Waals surface area contributed by atoms with Crippen molar-refractivity contribution >= 4 is 46.6 Å². The zero-order valence-corrected chi connectivity index (χ0v) is 19.2. The molecule has 168 valence electrons. The molecule has 2 amide bonds. The zero-order chi connectivity index (χ0) is 23.3. The summed E-state index contributed by atoms with van der Waals surface area (Å²) in [6.45, 7) is 4.55. The number of hydrogen-bond acceptors (Lipinski definition) is 6. The van der Waals surface area contributed by atoms with Crippen LogP contribution in [0.3, 0.4) is 0 Å². The molecule has 0 aliphatic carbocycles. The molecule has 1 aliphatic heterocycles. The molecule has 3 rings (SSSR count). The number of imide groups is 1. The van der Waals surface area contributed by atoms with Crippen molar-refractivity contribution in [2.45, 2.75) is 26.9 Å². The first-order valence-corrected chi connectivity index (χ1v) is 11.2. The van der Waals surface area contributed by atoms with E-state index in [1.807, 2.05) is 13.8 Å². The van der Waals surface area contributed by atoms with Gasteiger partial charge in [-0.15, -0.1) is 0 Å². The highest BCUT2D eigenvalue weighted by atomic mass is 35.5. The number of aromatic carboxylic acids is 1. The van der Waals surface area contributed by atoms with Crippen LogP contribution in [0.4, 0.5) is 4.79 Å². The molecule has 1 heterocycles. The van der Waals surface area contributed by atoms with Crippen LogP contribution in [0.2, 0.25) is 5.02 Å². The molecule has 0 bridgehead atoms. The van der Waals surface area contributed by atoms with Crippen LogP contribution in [0, 0.1) is 0 Å². The van der Waals surface area contributed by atoms with Gasteiger partial charge in [-0.25, -0.2) is 4.79 Å². The summed E-state index contributed by atoms with van der Waals surface area (Å²) in [6, 6.07) is 9.73. The number of rotatable bonds is 9. The fourth-order valence-electron chi connectivity index (χ4n) is 3.09. The van der Waals surface area contributed by atoms with E-state index in [0.717, 1.165) is 11.8 Å². The Morgan fingerprint density at radius 3 is 2.66 bits per heavy atom. The summed E-state index contributed by atoms with van der Waals surface area (Å²) in [5.41, 5.74) is 1.42. The molecule has 0 spiro atoms. The van der Waals surface area contributed by atoms with Gasteiger partial charge in [0.2, 0.25) is 0 Å². The summed E-state index contributed by atoms with van der Waals surface area (Å²) in [7, 11) is 0. The van der Waals surface area contributed by atoms with Crippen molar-refractivity contribution in [3.05, 3.63) is 63.0 Å². The number of nitrogens with zero attached hydrogens (tertiary/aromatic N) is 1. The zero-order valence-electron chi connectivity index (χ0n) is 17.6. The lowest BCUT2D eigenvalue weighted by Gasteiger charge is -2.15. The van der Waals surface area contributed by atoms with Crippen molar-refractivity contribution in [1.82, 2.24) is 4.90 Å². The van der Waals surface area contributed by atoms with Gasteiger partial charge in [0.1, 0.15) is 6.61 Å². The van der Waals surface area contributed by atoms with Crippen molar-refractivity contribution in [3.8, 4) is 11.5 Å². The minimum atomic E-state index is -1.02. The van der Waals surface area contributed by atoms with Gasteiger partial charge in [-0.3, -0.25) is 14.5 Å². The summed E-state index contributed by atoms with van der Waals surface area (Å²) in [5, 5.41) is 9.12. The molecule has 2 aromatic carbocycles. The van der Waals surface area contributed by atoms with E-state index in [1.165, 1.54) is 17.0 Å². The third-order valence-electron chi connectivity index (χ3n) is 4.51. The number of thioether (sulfide) groups is 1. The van der Waals surface area contributed by atoms with Gasteiger partial charge in [-0.05, 0) is 66.6 Å². The lowest BCUT2D eigenvalue weighted by Crippen LogP contribution is -2.28. The molecule has 0 saturated carbocycles. The van der Waals surface area contributed by atoms with E-state index in [9.17, 15) is 14.4 Å². The maximum atomic E-state index is 12.5. The first-order chi connectivity index (χ1) is 15.3. The van der Waals surface area contributed by atoms with Crippen molar-refractivity contribution < 1.29 is 29.0 Å². The van der Waals surface area contributed by atoms with Gasteiger partial charge in [-0.2, -0.15) is 0 Å². The van der Waals surface area contributed by atoms with E-state index < -0.39 is 5.97 Å². The molecule has 1 saturated heterocycles. The summed E-state index contributed by atoms with van der Waals surface area (Å²) in [6.07, 6.45) is 2.29. The van der Waals surface area contributed by atoms with E-state index in [2.05, 4.69) is 0 Å². The van der Waals surface area contributed by atoms with Gasteiger partial charge < -0.3 is 14.6 Å². The first kappa shape index (κ1) is 23.7. The van der Waals surface area contributed by atoms with Crippen LogP contribution in [0.1, 0.15) is 41.8 Å². The summed E-state index contributed by atoms with van der Waals surface area (Å²) in [4.78, 5) is 37.3. The number of carboxylic acid groups (broad SMARTS) is 1. The number of ether oxygens (including phenoxy) is 2. The van der Waals surface area contributed by atoms with E-state index in [1.54, 1.807) is 30.3 Å². The first-order valence-electron chi connectivity index (χ1n) is 10.0. The van der Waals surface area contributed by atoms with Gasteiger partial charge >= 0.3 is 5.97 Å². The second kappa shape index (κ2) is 10.6. The van der Waals surface area contributed by atoms with Crippen LogP contribution in [0.25, 0.3) is 6.08 Å². The fraction of sp³-hybridized carbons (Fsp3) is 0.261. The van der Waals surface area contributed by atoms with E-state index >= 15 is 0 Å². The highest BCUT2D eigenvalue weighted by molar-refractivity contribution is 8.18. The van der Waals surface area contributed by atoms with Crippen LogP contribution in [-0.4, -0.2) is 40.3 Å². The third-order valence-corrected chi connectivity index (χ3v) is 5.70. The highest BCUT2D eigenvalue weighted by Crippen LogP contribution is 2.39. The third kappa shape index (κ3) is 5.44. The predicted octanol–water partition coefficient (Wildman–Crippen LogP) is 5.46. The minimum Gasteiger partial charge on any atom is -0.490 e. The van der Waals surface area contributed by atoms with Crippen LogP contribution in [-0.2, 0) is 11.4 Å². The molecular formula is C23H22ClNO6S. The van der Waals surface area contributed by atoms with Crippen molar-refractivity contribution in [3.63, 3.8) is 0 Å². The van der Waals surface area contributed by atoms with Crippen molar-refractivity contribution in [2.24, 2.45) is 0 Å². The Bertz CT molecular complexity index is 1080. The largest absolute Gasteiger partial charge is 0.490 e. The lowest BCUT2D eigenvalue weighted by molar-refractivity contribution is -0.122. The van der Waals surface area contributed by atoms with Crippen LogP contribution >= 0.6 is 23.4 Å². The molecule has 32 heavy (non-hydrogen) atoms. The average Bonchev–Trinajstić information content (AvgIpc) is 3.01. The van der Waals surface area contributed by atoms with Gasteiger partial charge in [0.15, 0.2) is 11.5 Å². The molecule has 2 aromatic rings. The lowest BCUT2D eigenvalue weighted by atomic mass is 10.1. The number of benzene rings is 2. The molecule has 0 radical (unpaired) electrons. The molecule has 1 fully saturated rings. The highest BCUT2D eigenvalue weighted by Gasteiger charge is 2.34. The Kier molecular flexibility index (Phi) is 7.82. The van der Waals surface area contributed by atoms with Gasteiger partial charge in [-0.1, -0.05) is 30.7 Å². The van der Waals surface area contributed by atoms with E-state index in [0.29, 0.717) is 47.1 Å². The second-order valence-corrected chi connectivity index (χ2v) is 8.29. The van der Waals surface area contributed by atoms with Gasteiger partial charge in [0.05, 0.1) is 22.1 Å². The SMILES string of the molecule is CCCN1C(=O)S/C(=C/c2cc(Cl)c(OCc3cccc(C(=O)O)c3)c(OCC)c2)C1=O. The molecule has 1 aliphatic rings. The molecule has 7 nitrogen and oxygen atoms in total. The molecular weight excluding hydrogens is 454 g/mol. The quantitative estimate of drug-likeness (QED) is 0.481. The molecule has 9 heteroatoms. The Balaban J connectivity index is 1.85. The maximum absolute atomic E-state index is 12.5. The smallest absolute Gasteiger partial charge is 0.335 e. The van der Waals surface area contributed by atoms with Crippen molar-refractivity contribution in [2.75, 3.05) is 13.2 Å². The Labute approximate surface area is 194 Å². The molecule has 1 N–H and O–H groups in total. The maximum Gasteiger partial charge on any atom is 0.335 e. The second-order valence-electron chi connectivity index (χ2n) is 6.89. The van der Waals surface area contributed by atoms with Gasteiger partial charge in [0, 0.05) is 6.54 Å². The fourth-order valence-corrected chi connectivity index (χ4v) is 4.23. The Hall–Kier alpha value is -2.97.